The Bertz CT molecular complexity index is 1390. The number of pyridine rings is 2. The van der Waals surface area contributed by atoms with E-state index in [1.165, 1.54) is 6.26 Å². The van der Waals surface area contributed by atoms with Gasteiger partial charge in [0.15, 0.2) is 9.84 Å². The molecule has 0 aliphatic carbocycles. The minimum absolute atomic E-state index is 0.266. The number of hydrogen-bond donors (Lipinski definition) is 1. The first-order valence-corrected chi connectivity index (χ1v) is 11.3. The van der Waals surface area contributed by atoms with E-state index in [-0.39, 0.29) is 4.90 Å². The Balaban J connectivity index is 1.66. The van der Waals surface area contributed by atoms with Gasteiger partial charge in [-0.3, -0.25) is 4.98 Å². The third kappa shape index (κ3) is 4.29. The fraction of sp³-hybridized carbons (Fsp3) is 0.0417. The lowest BCUT2D eigenvalue weighted by molar-refractivity contribution is 0.602. The molecule has 0 aliphatic rings. The molecular formula is C24H18N4O2S. The number of nitrogen functional groups attached to an aromatic ring is 1. The van der Waals surface area contributed by atoms with Crippen molar-refractivity contribution in [3.8, 4) is 39.6 Å². The zero-order valence-electron chi connectivity index (χ0n) is 16.6. The molecule has 0 fully saturated rings. The first-order chi connectivity index (χ1) is 14.8. The molecule has 4 rings (SSSR count). The van der Waals surface area contributed by atoms with Crippen molar-refractivity contribution in [1.29, 1.82) is 5.26 Å². The molecule has 6 nitrogen and oxygen atoms in total. The second kappa shape index (κ2) is 8.01. The predicted octanol–water partition coefficient (Wildman–Crippen LogP) is 4.33. The van der Waals surface area contributed by atoms with Gasteiger partial charge in [0.05, 0.1) is 22.2 Å². The lowest BCUT2D eigenvalue weighted by Gasteiger charge is -2.10. The van der Waals surface area contributed by atoms with Crippen molar-refractivity contribution in [2.24, 2.45) is 0 Å². The van der Waals surface area contributed by atoms with Crippen LogP contribution in [0.1, 0.15) is 5.56 Å². The molecule has 2 aromatic heterocycles. The zero-order valence-corrected chi connectivity index (χ0v) is 17.5. The summed E-state index contributed by atoms with van der Waals surface area (Å²) in [6.45, 7) is 0. The number of rotatable bonds is 4. The first kappa shape index (κ1) is 20.3. The number of nitriles is 1. The maximum absolute atomic E-state index is 11.7. The number of benzene rings is 2. The van der Waals surface area contributed by atoms with Crippen molar-refractivity contribution < 1.29 is 8.42 Å². The minimum Gasteiger partial charge on any atom is -0.383 e. The van der Waals surface area contributed by atoms with Gasteiger partial charge in [0, 0.05) is 40.9 Å². The van der Waals surface area contributed by atoms with Gasteiger partial charge in [-0.25, -0.2) is 13.4 Å². The molecule has 0 atom stereocenters. The highest BCUT2D eigenvalue weighted by atomic mass is 32.2. The smallest absolute Gasteiger partial charge is 0.175 e. The number of nitrogens with zero attached hydrogens (tertiary/aromatic N) is 3. The largest absolute Gasteiger partial charge is 0.383 e. The second-order valence-electron chi connectivity index (χ2n) is 7.07. The van der Waals surface area contributed by atoms with E-state index >= 15 is 0 Å². The average Bonchev–Trinajstić information content (AvgIpc) is 2.79. The van der Waals surface area contributed by atoms with Crippen LogP contribution in [0.15, 0.2) is 84.0 Å². The number of anilines is 1. The van der Waals surface area contributed by atoms with Gasteiger partial charge in [-0.2, -0.15) is 5.26 Å². The van der Waals surface area contributed by atoms with Crippen LogP contribution in [-0.2, 0) is 9.84 Å². The molecule has 0 spiro atoms. The van der Waals surface area contributed by atoms with Gasteiger partial charge in [0.2, 0.25) is 0 Å². The first-order valence-electron chi connectivity index (χ1n) is 9.38. The van der Waals surface area contributed by atoms with Crippen molar-refractivity contribution in [2.75, 3.05) is 12.0 Å². The van der Waals surface area contributed by atoms with E-state index in [4.69, 9.17) is 11.0 Å². The van der Waals surface area contributed by atoms with Crippen molar-refractivity contribution in [3.05, 3.63) is 84.7 Å². The highest BCUT2D eigenvalue weighted by Crippen LogP contribution is 2.30. The topological polar surface area (TPSA) is 110 Å². The lowest BCUT2D eigenvalue weighted by atomic mass is 10.0. The SMILES string of the molecule is CS(=O)(=O)c1ccc(-c2cnc(N)c(-c3ccc(-c4ccc(C#N)cc4)nc3)c2)cc1. The molecular weight excluding hydrogens is 408 g/mol. The Morgan fingerprint density at radius 3 is 2.00 bits per heavy atom. The van der Waals surface area contributed by atoms with E-state index in [2.05, 4.69) is 16.0 Å². The fourth-order valence-corrected chi connectivity index (χ4v) is 3.83. The molecule has 2 N–H and O–H groups in total. The Morgan fingerprint density at radius 2 is 1.42 bits per heavy atom. The van der Waals surface area contributed by atoms with Crippen LogP contribution in [0.2, 0.25) is 0 Å². The van der Waals surface area contributed by atoms with Crippen LogP contribution in [0.3, 0.4) is 0 Å². The molecule has 2 heterocycles. The summed E-state index contributed by atoms with van der Waals surface area (Å²) < 4.78 is 23.4. The number of nitrogens with two attached hydrogens (primary N) is 1. The highest BCUT2D eigenvalue weighted by Gasteiger charge is 2.11. The maximum atomic E-state index is 11.7. The van der Waals surface area contributed by atoms with Gasteiger partial charge in [-0.15, -0.1) is 0 Å². The monoisotopic (exact) mass is 426 g/mol. The molecule has 0 saturated heterocycles. The Kier molecular flexibility index (Phi) is 5.24. The van der Waals surface area contributed by atoms with Gasteiger partial charge in [-0.1, -0.05) is 30.3 Å². The van der Waals surface area contributed by atoms with Gasteiger partial charge in [0.25, 0.3) is 0 Å². The number of hydrogen-bond acceptors (Lipinski definition) is 6. The molecule has 0 bridgehead atoms. The van der Waals surface area contributed by atoms with Crippen molar-refractivity contribution in [3.63, 3.8) is 0 Å². The summed E-state index contributed by atoms with van der Waals surface area (Å²) in [4.78, 5) is 9.10. The molecule has 2 aromatic carbocycles. The summed E-state index contributed by atoms with van der Waals surface area (Å²) in [6.07, 6.45) is 4.57. The molecule has 0 unspecified atom stereocenters. The van der Waals surface area contributed by atoms with E-state index in [0.717, 1.165) is 33.5 Å². The lowest BCUT2D eigenvalue weighted by Crippen LogP contribution is -1.97. The van der Waals surface area contributed by atoms with E-state index in [9.17, 15) is 8.42 Å². The normalized spacial score (nSPS) is 11.1. The summed E-state index contributed by atoms with van der Waals surface area (Å²) in [7, 11) is -3.25. The van der Waals surface area contributed by atoms with Crippen LogP contribution in [0.25, 0.3) is 33.5 Å². The fourth-order valence-electron chi connectivity index (χ4n) is 3.20. The molecule has 0 amide bonds. The predicted molar refractivity (Wildman–Crippen MR) is 121 cm³/mol. The summed E-state index contributed by atoms with van der Waals surface area (Å²) >= 11 is 0. The summed E-state index contributed by atoms with van der Waals surface area (Å²) in [5.41, 5.74) is 11.6. The number of aromatic nitrogens is 2. The summed E-state index contributed by atoms with van der Waals surface area (Å²) in [5, 5.41) is 8.93. The Labute approximate surface area is 180 Å². The van der Waals surface area contributed by atoms with Crippen LogP contribution < -0.4 is 5.73 Å². The second-order valence-corrected chi connectivity index (χ2v) is 9.09. The molecule has 152 valence electrons. The van der Waals surface area contributed by atoms with Crippen LogP contribution in [0.5, 0.6) is 0 Å². The quantitative estimate of drug-likeness (QED) is 0.520. The third-order valence-electron chi connectivity index (χ3n) is 4.92. The van der Waals surface area contributed by atoms with Crippen molar-refractivity contribution >= 4 is 15.7 Å². The van der Waals surface area contributed by atoms with E-state index in [1.54, 1.807) is 48.8 Å². The Hall–Kier alpha value is -4.02. The van der Waals surface area contributed by atoms with Crippen molar-refractivity contribution in [2.45, 2.75) is 4.90 Å². The molecule has 0 saturated carbocycles. The zero-order chi connectivity index (χ0) is 22.0. The van der Waals surface area contributed by atoms with Crippen molar-refractivity contribution in [1.82, 2.24) is 9.97 Å². The van der Waals surface area contributed by atoms with E-state index in [0.29, 0.717) is 11.4 Å². The van der Waals surface area contributed by atoms with Crippen LogP contribution in [0, 0.1) is 11.3 Å². The highest BCUT2D eigenvalue weighted by molar-refractivity contribution is 7.90. The van der Waals surface area contributed by atoms with E-state index < -0.39 is 9.84 Å². The molecule has 7 heteroatoms. The van der Waals surface area contributed by atoms with Gasteiger partial charge in [0.1, 0.15) is 5.82 Å². The summed E-state index contributed by atoms with van der Waals surface area (Å²) in [5.74, 6) is 0.379. The molecule has 0 radical (unpaired) electrons. The van der Waals surface area contributed by atoms with Gasteiger partial charge < -0.3 is 5.73 Å². The summed E-state index contributed by atoms with van der Waals surface area (Å²) in [6, 6.07) is 21.7. The molecule has 31 heavy (non-hydrogen) atoms. The van der Waals surface area contributed by atoms with Gasteiger partial charge >= 0.3 is 0 Å². The van der Waals surface area contributed by atoms with Gasteiger partial charge in [-0.05, 0) is 42.0 Å². The van der Waals surface area contributed by atoms with Crippen LogP contribution in [-0.4, -0.2) is 24.6 Å². The number of sulfone groups is 1. The maximum Gasteiger partial charge on any atom is 0.175 e. The molecule has 4 aromatic rings. The standard InChI is InChI=1S/C24H18N4O2S/c1-31(29,30)21-9-6-17(7-10-21)20-12-22(24(26)28-15-20)19-8-11-23(27-14-19)18-4-2-16(13-25)3-5-18/h2-12,14-15H,1H3,(H2,26,28). The van der Waals surface area contributed by atoms with Crippen LogP contribution >= 0.6 is 0 Å². The third-order valence-corrected chi connectivity index (χ3v) is 6.05. The van der Waals surface area contributed by atoms with E-state index in [1.807, 2.05) is 30.3 Å². The average molecular weight is 427 g/mol. The van der Waals surface area contributed by atoms with Crippen LogP contribution in [0.4, 0.5) is 5.82 Å². The minimum atomic E-state index is -3.25. The Morgan fingerprint density at radius 1 is 0.806 bits per heavy atom. The molecule has 0 aliphatic heterocycles.